The highest BCUT2D eigenvalue weighted by molar-refractivity contribution is 5.76. The summed E-state index contributed by atoms with van der Waals surface area (Å²) in [4.78, 5) is 23.7. The molecule has 0 saturated carbocycles. The van der Waals surface area contributed by atoms with Crippen molar-refractivity contribution in [3.63, 3.8) is 0 Å². The molecule has 1 aliphatic heterocycles. The van der Waals surface area contributed by atoms with Gasteiger partial charge < -0.3 is 5.32 Å². The lowest BCUT2D eigenvalue weighted by molar-refractivity contribution is -0.139. The Morgan fingerprint density at radius 2 is 1.88 bits per heavy atom. The van der Waals surface area contributed by atoms with Gasteiger partial charge in [-0.15, -0.1) is 0 Å². The molecule has 1 aliphatic rings. The van der Waals surface area contributed by atoms with E-state index in [0.29, 0.717) is 31.4 Å². The molecular formula is C18H18F3N3O2. The molecule has 5 nitrogen and oxygen atoms in total. The first-order chi connectivity index (χ1) is 12.3. The first-order valence-corrected chi connectivity index (χ1v) is 8.36. The van der Waals surface area contributed by atoms with Crippen molar-refractivity contribution in [2.45, 2.75) is 32.0 Å². The van der Waals surface area contributed by atoms with Gasteiger partial charge in [0.25, 0.3) is 5.56 Å². The molecule has 3 rings (SSSR count). The smallest absolute Gasteiger partial charge is 0.356 e. The molecule has 1 unspecified atom stereocenters. The molecule has 1 saturated heterocycles. The number of nitrogens with zero attached hydrogens (tertiary/aromatic N) is 2. The Labute approximate surface area is 147 Å². The summed E-state index contributed by atoms with van der Waals surface area (Å²) in [5.74, 6) is -0.173. The van der Waals surface area contributed by atoms with Crippen LogP contribution in [-0.2, 0) is 17.5 Å². The van der Waals surface area contributed by atoms with E-state index in [2.05, 4.69) is 10.4 Å². The number of alkyl halides is 3. The number of halogens is 3. The minimum atomic E-state index is -4.76. The van der Waals surface area contributed by atoms with Gasteiger partial charge in [0, 0.05) is 25.1 Å². The van der Waals surface area contributed by atoms with E-state index in [4.69, 9.17) is 0 Å². The van der Waals surface area contributed by atoms with E-state index in [-0.39, 0.29) is 24.1 Å². The van der Waals surface area contributed by atoms with Gasteiger partial charge in [-0.3, -0.25) is 9.59 Å². The highest BCUT2D eigenvalue weighted by Crippen LogP contribution is 2.29. The third-order valence-corrected chi connectivity index (χ3v) is 4.43. The number of benzene rings is 1. The Bertz CT molecular complexity index is 847. The fraction of sp³-hybridized carbons (Fsp3) is 0.389. The number of hydrogen-bond donors (Lipinski definition) is 1. The van der Waals surface area contributed by atoms with Crippen LogP contribution in [0.25, 0.3) is 11.3 Å². The number of aromatic nitrogens is 2. The van der Waals surface area contributed by atoms with Crippen molar-refractivity contribution in [2.75, 3.05) is 6.54 Å². The molecule has 0 radical (unpaired) electrons. The molecule has 1 atom stereocenters. The zero-order valence-electron chi connectivity index (χ0n) is 13.9. The van der Waals surface area contributed by atoms with Crippen molar-refractivity contribution >= 4 is 5.91 Å². The molecule has 1 fully saturated rings. The van der Waals surface area contributed by atoms with Crippen molar-refractivity contribution < 1.29 is 18.0 Å². The maximum atomic E-state index is 13.3. The predicted octanol–water partition coefficient (Wildman–Crippen LogP) is 2.85. The largest absolute Gasteiger partial charge is 0.421 e. The summed E-state index contributed by atoms with van der Waals surface area (Å²) in [6.45, 7) is 0.500. The molecule has 26 heavy (non-hydrogen) atoms. The molecule has 1 aromatic heterocycles. The molecule has 1 aromatic carbocycles. The topological polar surface area (TPSA) is 64.0 Å². The summed E-state index contributed by atoms with van der Waals surface area (Å²) in [6.07, 6.45) is -3.36. The van der Waals surface area contributed by atoms with E-state index < -0.39 is 17.3 Å². The van der Waals surface area contributed by atoms with E-state index in [1.54, 1.807) is 30.3 Å². The van der Waals surface area contributed by atoms with Crippen molar-refractivity contribution in [2.24, 2.45) is 5.92 Å². The van der Waals surface area contributed by atoms with Crippen LogP contribution in [0.4, 0.5) is 13.2 Å². The number of rotatable bonds is 3. The Kier molecular flexibility index (Phi) is 5.11. The number of nitrogens with one attached hydrogen (secondary N) is 1. The van der Waals surface area contributed by atoms with Crippen LogP contribution in [0.5, 0.6) is 0 Å². The van der Waals surface area contributed by atoms with E-state index in [1.165, 1.54) is 0 Å². The Morgan fingerprint density at radius 3 is 2.58 bits per heavy atom. The second-order valence-electron chi connectivity index (χ2n) is 6.34. The monoisotopic (exact) mass is 365 g/mol. The van der Waals surface area contributed by atoms with Gasteiger partial charge in [-0.1, -0.05) is 30.3 Å². The zero-order chi connectivity index (χ0) is 18.7. The van der Waals surface area contributed by atoms with Crippen LogP contribution in [0.1, 0.15) is 24.8 Å². The van der Waals surface area contributed by atoms with E-state index in [9.17, 15) is 22.8 Å². The van der Waals surface area contributed by atoms with Crippen LogP contribution in [0.2, 0.25) is 0 Å². The Balaban J connectivity index is 2.00. The molecule has 2 heterocycles. The SMILES string of the molecule is O=C1CCC(Cn2nc(-c3ccccc3)cc(C(F)(F)F)c2=O)CCN1. The van der Waals surface area contributed by atoms with Gasteiger partial charge in [-0.25, -0.2) is 4.68 Å². The minimum absolute atomic E-state index is 0.0531. The van der Waals surface area contributed by atoms with Gasteiger partial charge in [-0.05, 0) is 24.8 Å². The summed E-state index contributed by atoms with van der Waals surface area (Å²) < 4.78 is 40.9. The molecule has 0 aliphatic carbocycles. The molecule has 2 aromatic rings. The van der Waals surface area contributed by atoms with E-state index in [0.717, 1.165) is 10.7 Å². The number of amides is 1. The lowest BCUT2D eigenvalue weighted by Gasteiger charge is -2.17. The summed E-state index contributed by atoms with van der Waals surface area (Å²) in [6, 6.07) is 9.23. The van der Waals surface area contributed by atoms with Gasteiger partial charge in [0.05, 0.1) is 5.69 Å². The van der Waals surface area contributed by atoms with Crippen LogP contribution in [0.3, 0.4) is 0 Å². The maximum Gasteiger partial charge on any atom is 0.421 e. The summed E-state index contributed by atoms with van der Waals surface area (Å²) in [5.41, 5.74) is -1.78. The first kappa shape index (κ1) is 18.2. The van der Waals surface area contributed by atoms with E-state index in [1.807, 2.05) is 0 Å². The van der Waals surface area contributed by atoms with Crippen molar-refractivity contribution in [3.05, 3.63) is 52.3 Å². The van der Waals surface area contributed by atoms with Crippen molar-refractivity contribution in [3.8, 4) is 11.3 Å². The molecule has 0 bridgehead atoms. The zero-order valence-corrected chi connectivity index (χ0v) is 13.9. The summed E-state index contributed by atoms with van der Waals surface area (Å²) in [7, 11) is 0. The van der Waals surface area contributed by atoms with Crippen LogP contribution < -0.4 is 10.9 Å². The van der Waals surface area contributed by atoms with Gasteiger partial charge in [-0.2, -0.15) is 18.3 Å². The van der Waals surface area contributed by atoms with Crippen LogP contribution in [0.15, 0.2) is 41.2 Å². The third-order valence-electron chi connectivity index (χ3n) is 4.43. The van der Waals surface area contributed by atoms with E-state index >= 15 is 0 Å². The van der Waals surface area contributed by atoms with Gasteiger partial charge in [0.2, 0.25) is 5.91 Å². The van der Waals surface area contributed by atoms with Crippen LogP contribution in [0, 0.1) is 5.92 Å². The van der Waals surface area contributed by atoms with Gasteiger partial charge in [0.15, 0.2) is 0 Å². The van der Waals surface area contributed by atoms with Crippen molar-refractivity contribution in [1.29, 1.82) is 0 Å². The standard InChI is InChI=1S/C18H18F3N3O2/c19-18(20,21)14-10-15(13-4-2-1-3-5-13)23-24(17(14)26)11-12-6-7-16(25)22-9-8-12/h1-5,10,12H,6-9,11H2,(H,22,25). The fourth-order valence-electron chi connectivity index (χ4n) is 3.03. The summed E-state index contributed by atoms with van der Waals surface area (Å²) in [5, 5.41) is 6.88. The highest BCUT2D eigenvalue weighted by Gasteiger charge is 2.36. The van der Waals surface area contributed by atoms with Crippen LogP contribution in [-0.4, -0.2) is 22.2 Å². The second kappa shape index (κ2) is 7.31. The molecule has 0 spiro atoms. The summed E-state index contributed by atoms with van der Waals surface area (Å²) >= 11 is 0. The molecule has 1 amide bonds. The number of carbonyl (C=O) groups excluding carboxylic acids is 1. The minimum Gasteiger partial charge on any atom is -0.356 e. The first-order valence-electron chi connectivity index (χ1n) is 8.36. The lowest BCUT2D eigenvalue weighted by atomic mass is 10.0. The van der Waals surface area contributed by atoms with Gasteiger partial charge in [0.1, 0.15) is 5.56 Å². The third kappa shape index (κ3) is 4.12. The molecule has 138 valence electrons. The highest BCUT2D eigenvalue weighted by atomic mass is 19.4. The quantitative estimate of drug-likeness (QED) is 0.910. The lowest BCUT2D eigenvalue weighted by Crippen LogP contribution is -2.33. The second-order valence-corrected chi connectivity index (χ2v) is 6.34. The Morgan fingerprint density at radius 1 is 1.15 bits per heavy atom. The average Bonchev–Trinajstić information content (AvgIpc) is 2.81. The predicted molar refractivity (Wildman–Crippen MR) is 89.3 cm³/mol. The molecule has 8 heteroatoms. The normalized spacial score (nSPS) is 18.3. The molecule has 1 N–H and O–H groups in total. The molecular weight excluding hydrogens is 347 g/mol. The van der Waals surface area contributed by atoms with Gasteiger partial charge >= 0.3 is 6.18 Å². The number of carbonyl (C=O) groups is 1. The van der Waals surface area contributed by atoms with Crippen molar-refractivity contribution in [1.82, 2.24) is 15.1 Å². The maximum absolute atomic E-state index is 13.3. The fourth-order valence-corrected chi connectivity index (χ4v) is 3.03. The average molecular weight is 365 g/mol. The van der Waals surface area contributed by atoms with Crippen LogP contribution >= 0.6 is 0 Å². The number of hydrogen-bond acceptors (Lipinski definition) is 3. The Hall–Kier alpha value is -2.64.